The van der Waals surface area contributed by atoms with Crippen molar-refractivity contribution in [1.82, 2.24) is 4.90 Å². The first-order valence-corrected chi connectivity index (χ1v) is 5.79. The molecule has 0 N–H and O–H groups in total. The summed E-state index contributed by atoms with van der Waals surface area (Å²) in [5.41, 5.74) is 0.729. The molecule has 0 aliphatic rings. The van der Waals surface area contributed by atoms with Crippen molar-refractivity contribution in [3.05, 3.63) is 35.9 Å². The van der Waals surface area contributed by atoms with Gasteiger partial charge in [0.15, 0.2) is 0 Å². The lowest BCUT2D eigenvalue weighted by Gasteiger charge is -2.03. The smallest absolute Gasteiger partial charge is 0.150 e. The number of hydrogen-bond acceptors (Lipinski definition) is 3. The van der Waals surface area contributed by atoms with Gasteiger partial charge < -0.3 is 9.69 Å². The van der Waals surface area contributed by atoms with Crippen LogP contribution in [0.3, 0.4) is 0 Å². The maximum atomic E-state index is 10.0. The van der Waals surface area contributed by atoms with Gasteiger partial charge in [0, 0.05) is 18.5 Å². The zero-order chi connectivity index (χ0) is 13.5. The van der Waals surface area contributed by atoms with Crippen LogP contribution in [0, 0.1) is 0 Å². The molecule has 1 aromatic rings. The third kappa shape index (κ3) is 17.6. The van der Waals surface area contributed by atoms with Crippen molar-refractivity contribution in [2.24, 2.45) is 0 Å². The van der Waals surface area contributed by atoms with Crippen molar-refractivity contribution in [1.29, 1.82) is 0 Å². The molecule has 0 aromatic heterocycles. The zero-order valence-electron chi connectivity index (χ0n) is 11.6. The van der Waals surface area contributed by atoms with Gasteiger partial charge in [0.05, 0.1) is 0 Å². The van der Waals surface area contributed by atoms with Crippen LogP contribution in [0.2, 0.25) is 0 Å². The Kier molecular flexibility index (Phi) is 23.2. The van der Waals surface area contributed by atoms with Crippen LogP contribution in [0.4, 0.5) is 0 Å². The number of aldehydes is 2. The average Bonchev–Trinajstić information content (AvgIpc) is 2.40. The van der Waals surface area contributed by atoms with Gasteiger partial charge in [-0.3, -0.25) is 4.79 Å². The topological polar surface area (TPSA) is 37.4 Å². The van der Waals surface area contributed by atoms with Crippen molar-refractivity contribution in [3.8, 4) is 0 Å². The number of nitrogens with zero attached hydrogens (tertiary/aromatic N) is 1. The fraction of sp³-hybridized carbons (Fsp3) is 0.429. The van der Waals surface area contributed by atoms with E-state index in [1.165, 1.54) is 0 Å². The van der Waals surface area contributed by atoms with Gasteiger partial charge in [0.1, 0.15) is 12.6 Å². The van der Waals surface area contributed by atoms with Gasteiger partial charge in [0.2, 0.25) is 0 Å². The fourth-order valence-electron chi connectivity index (χ4n) is 0.843. The highest BCUT2D eigenvalue weighted by Gasteiger charge is 1.83. The summed E-state index contributed by atoms with van der Waals surface area (Å²) in [6.07, 6.45) is 2.41. The van der Waals surface area contributed by atoms with Crippen LogP contribution in [0.15, 0.2) is 30.3 Å². The predicted octanol–water partition coefficient (Wildman–Crippen LogP) is 3.28. The molecule has 104 valence electrons. The van der Waals surface area contributed by atoms with Crippen LogP contribution >= 0.6 is 24.0 Å². The maximum Gasteiger partial charge on any atom is 0.150 e. The number of carbonyl (C=O) groups is 2. The SMILES string of the molecule is CC.CN(C)CCC=O.I.O=Cc1ccccc1. The molecule has 0 unspecified atom stereocenters. The average molecular weight is 365 g/mol. The van der Waals surface area contributed by atoms with E-state index in [1.54, 1.807) is 12.1 Å². The highest BCUT2D eigenvalue weighted by molar-refractivity contribution is 14.0. The Balaban J connectivity index is -0.000000211. The molecule has 0 saturated heterocycles. The Morgan fingerprint density at radius 2 is 1.56 bits per heavy atom. The van der Waals surface area contributed by atoms with Crippen molar-refractivity contribution in [2.75, 3.05) is 20.6 Å². The third-order valence-corrected chi connectivity index (χ3v) is 1.63. The summed E-state index contributed by atoms with van der Waals surface area (Å²) in [7, 11) is 3.90. The molecule has 0 saturated carbocycles. The van der Waals surface area contributed by atoms with E-state index in [0.717, 1.165) is 24.7 Å². The molecule has 0 aliphatic heterocycles. The Morgan fingerprint density at radius 1 is 1.06 bits per heavy atom. The minimum absolute atomic E-state index is 0. The molecule has 0 spiro atoms. The Hall–Kier alpha value is -0.750. The standard InChI is InChI=1S/C7H6O.C5H11NO.C2H6.HI/c8-6-7-4-2-1-3-5-7;1-6(2)4-3-5-7;1-2;/h1-6H;5H,3-4H2,1-2H3;1-2H3;1H. The van der Waals surface area contributed by atoms with E-state index in [1.807, 2.05) is 51.0 Å². The predicted molar refractivity (Wildman–Crippen MR) is 87.8 cm³/mol. The Labute approximate surface area is 128 Å². The molecule has 0 aliphatic carbocycles. The summed E-state index contributed by atoms with van der Waals surface area (Å²) < 4.78 is 0. The zero-order valence-corrected chi connectivity index (χ0v) is 14.0. The second kappa shape index (κ2) is 18.6. The quantitative estimate of drug-likeness (QED) is 0.607. The van der Waals surface area contributed by atoms with Crippen LogP contribution in [0.1, 0.15) is 30.6 Å². The van der Waals surface area contributed by atoms with Crippen LogP contribution < -0.4 is 0 Å². The normalized spacial score (nSPS) is 7.83. The first kappa shape index (κ1) is 22.4. The van der Waals surface area contributed by atoms with Crippen molar-refractivity contribution < 1.29 is 9.59 Å². The molecular weight excluding hydrogens is 341 g/mol. The molecule has 0 heterocycles. The van der Waals surface area contributed by atoms with E-state index in [0.29, 0.717) is 6.42 Å². The van der Waals surface area contributed by atoms with Gasteiger partial charge in [-0.25, -0.2) is 0 Å². The largest absolute Gasteiger partial charge is 0.309 e. The van der Waals surface area contributed by atoms with E-state index >= 15 is 0 Å². The molecule has 3 nitrogen and oxygen atoms in total. The first-order chi connectivity index (χ1) is 8.20. The maximum absolute atomic E-state index is 10.0. The second-order valence-corrected chi connectivity index (χ2v) is 3.29. The highest BCUT2D eigenvalue weighted by Crippen LogP contribution is 1.91. The minimum atomic E-state index is 0. The fourth-order valence-corrected chi connectivity index (χ4v) is 0.843. The number of benzene rings is 1. The molecule has 0 atom stereocenters. The van der Waals surface area contributed by atoms with Gasteiger partial charge in [0.25, 0.3) is 0 Å². The molecular formula is C14H24INO2. The van der Waals surface area contributed by atoms with E-state index in [4.69, 9.17) is 0 Å². The van der Waals surface area contributed by atoms with E-state index in [9.17, 15) is 9.59 Å². The van der Waals surface area contributed by atoms with Crippen molar-refractivity contribution in [2.45, 2.75) is 20.3 Å². The molecule has 0 radical (unpaired) electrons. The summed E-state index contributed by atoms with van der Waals surface area (Å²) in [5, 5.41) is 0. The van der Waals surface area contributed by atoms with E-state index < -0.39 is 0 Å². The summed E-state index contributed by atoms with van der Waals surface area (Å²) in [4.78, 5) is 21.7. The van der Waals surface area contributed by atoms with Gasteiger partial charge in [-0.05, 0) is 14.1 Å². The summed E-state index contributed by atoms with van der Waals surface area (Å²) >= 11 is 0. The molecule has 0 fully saturated rings. The van der Waals surface area contributed by atoms with E-state index in [2.05, 4.69) is 0 Å². The Bertz CT molecular complexity index is 276. The first-order valence-electron chi connectivity index (χ1n) is 5.79. The van der Waals surface area contributed by atoms with Gasteiger partial charge in [-0.1, -0.05) is 44.2 Å². The molecule has 0 amide bonds. The third-order valence-electron chi connectivity index (χ3n) is 1.63. The lowest BCUT2D eigenvalue weighted by Crippen LogP contribution is -2.12. The monoisotopic (exact) mass is 365 g/mol. The van der Waals surface area contributed by atoms with Gasteiger partial charge >= 0.3 is 0 Å². The number of hydrogen-bond donors (Lipinski definition) is 0. The van der Waals surface area contributed by atoms with E-state index in [-0.39, 0.29) is 24.0 Å². The Morgan fingerprint density at radius 3 is 1.78 bits per heavy atom. The summed E-state index contributed by atoms with van der Waals surface area (Å²) in [6.45, 7) is 4.86. The second-order valence-electron chi connectivity index (χ2n) is 3.29. The number of rotatable bonds is 4. The minimum Gasteiger partial charge on any atom is -0.309 e. The molecule has 1 aromatic carbocycles. The lowest BCUT2D eigenvalue weighted by molar-refractivity contribution is -0.108. The molecule has 18 heavy (non-hydrogen) atoms. The van der Waals surface area contributed by atoms with Crippen LogP contribution in [0.5, 0.6) is 0 Å². The van der Waals surface area contributed by atoms with Gasteiger partial charge in [-0.15, -0.1) is 24.0 Å². The summed E-state index contributed by atoms with van der Waals surface area (Å²) in [6, 6.07) is 9.10. The summed E-state index contributed by atoms with van der Waals surface area (Å²) in [5.74, 6) is 0. The van der Waals surface area contributed by atoms with Gasteiger partial charge in [-0.2, -0.15) is 0 Å². The van der Waals surface area contributed by atoms with Crippen molar-refractivity contribution >= 4 is 36.5 Å². The van der Waals surface area contributed by atoms with Crippen molar-refractivity contribution in [3.63, 3.8) is 0 Å². The number of carbonyl (C=O) groups excluding carboxylic acids is 2. The molecule has 4 heteroatoms. The lowest BCUT2D eigenvalue weighted by atomic mass is 10.2. The van der Waals surface area contributed by atoms with Crippen LogP contribution in [0.25, 0.3) is 0 Å². The van der Waals surface area contributed by atoms with Crippen LogP contribution in [-0.4, -0.2) is 38.1 Å². The van der Waals surface area contributed by atoms with Crippen LogP contribution in [-0.2, 0) is 4.79 Å². The number of halogens is 1. The highest BCUT2D eigenvalue weighted by atomic mass is 127. The molecule has 1 rings (SSSR count). The molecule has 0 bridgehead atoms.